The van der Waals surface area contributed by atoms with Gasteiger partial charge < -0.3 is 0 Å². The van der Waals surface area contributed by atoms with Gasteiger partial charge in [0.15, 0.2) is 5.69 Å². The molecule has 0 aliphatic carbocycles. The summed E-state index contributed by atoms with van der Waals surface area (Å²) in [5.74, 6) is 0. The molecule has 0 atom stereocenters. The Morgan fingerprint density at radius 1 is 1.31 bits per heavy atom. The van der Waals surface area contributed by atoms with E-state index < -0.39 is 0 Å². The van der Waals surface area contributed by atoms with E-state index in [9.17, 15) is 0 Å². The van der Waals surface area contributed by atoms with Crippen molar-refractivity contribution < 1.29 is 1.37 Å². The molecule has 0 fully saturated rings. The molecule has 1 heterocycles. The van der Waals surface area contributed by atoms with E-state index in [1.54, 1.807) is 24.3 Å². The van der Waals surface area contributed by atoms with Crippen molar-refractivity contribution in [2.45, 2.75) is 0 Å². The highest BCUT2D eigenvalue weighted by molar-refractivity contribution is 6.32. The van der Waals surface area contributed by atoms with Gasteiger partial charge in [0.1, 0.15) is 6.07 Å². The molecule has 0 unspecified atom stereocenters. The van der Waals surface area contributed by atoms with Gasteiger partial charge in [0, 0.05) is 16.8 Å². The van der Waals surface area contributed by atoms with Crippen LogP contribution in [0.2, 0.25) is 10.0 Å². The minimum Gasteiger partial charge on any atom is -0.243 e. The molecule has 0 aliphatic heterocycles. The number of hydrogen-bond donors (Lipinski definition) is 0. The third-order valence-electron chi connectivity index (χ3n) is 2.02. The van der Waals surface area contributed by atoms with Crippen LogP contribution in [0.25, 0.3) is 11.1 Å². The summed E-state index contributed by atoms with van der Waals surface area (Å²) >= 11 is 11.8. The number of aromatic nitrogens is 1. The molecule has 0 spiro atoms. The molecule has 16 heavy (non-hydrogen) atoms. The summed E-state index contributed by atoms with van der Waals surface area (Å²) in [7, 11) is 0. The van der Waals surface area contributed by atoms with Gasteiger partial charge >= 0.3 is 0 Å². The van der Waals surface area contributed by atoms with E-state index in [4.69, 9.17) is 29.8 Å². The van der Waals surface area contributed by atoms with E-state index in [0.717, 1.165) is 0 Å². The lowest BCUT2D eigenvalue weighted by atomic mass is 10.1. The number of halogens is 2. The molecule has 0 saturated heterocycles. The highest BCUT2D eigenvalue weighted by Crippen LogP contribution is 2.25. The van der Waals surface area contributed by atoms with Crippen LogP contribution in [0, 0.1) is 11.3 Å². The average Bonchev–Trinajstić information content (AvgIpc) is 2.32. The molecule has 1 aromatic heterocycles. The molecule has 4 heteroatoms. The van der Waals surface area contributed by atoms with Crippen LogP contribution in [0.3, 0.4) is 0 Å². The molecule has 78 valence electrons. The highest BCUT2D eigenvalue weighted by Gasteiger charge is 2.04. The highest BCUT2D eigenvalue weighted by atomic mass is 35.5. The number of benzene rings is 1. The summed E-state index contributed by atoms with van der Waals surface area (Å²) in [6, 6.07) is 8.74. The van der Waals surface area contributed by atoms with E-state index in [-0.39, 0.29) is 10.7 Å². The quantitative estimate of drug-likeness (QED) is 0.768. The van der Waals surface area contributed by atoms with Gasteiger partial charge in [-0.1, -0.05) is 35.3 Å². The molecule has 0 bridgehead atoms. The first-order valence-electron chi connectivity index (χ1n) is 4.94. The lowest BCUT2D eigenvalue weighted by Gasteiger charge is -2.02. The molecule has 2 aromatic rings. The Morgan fingerprint density at radius 3 is 2.81 bits per heavy atom. The Kier molecular flexibility index (Phi) is 2.73. The van der Waals surface area contributed by atoms with Gasteiger partial charge in [-0.25, -0.2) is 4.98 Å². The maximum Gasteiger partial charge on any atom is 0.159 e. The maximum absolute atomic E-state index is 8.72. The van der Waals surface area contributed by atoms with Gasteiger partial charge in [-0.2, -0.15) is 5.26 Å². The molecule has 0 saturated carbocycles. The van der Waals surface area contributed by atoms with Gasteiger partial charge in [0.05, 0.1) is 6.39 Å². The molecular formula is C12H6Cl2N2. The minimum atomic E-state index is 0.170. The predicted molar refractivity (Wildman–Crippen MR) is 64.4 cm³/mol. The van der Waals surface area contributed by atoms with Crippen molar-refractivity contribution in [3.63, 3.8) is 0 Å². The van der Waals surface area contributed by atoms with Crippen molar-refractivity contribution in [1.82, 2.24) is 4.98 Å². The fourth-order valence-electron chi connectivity index (χ4n) is 1.27. The number of pyridine rings is 1. The molecular weight excluding hydrogens is 243 g/mol. The van der Waals surface area contributed by atoms with Gasteiger partial charge in [0.25, 0.3) is 0 Å². The van der Waals surface area contributed by atoms with Gasteiger partial charge in [0.2, 0.25) is 0 Å². The summed E-state index contributed by atoms with van der Waals surface area (Å²) in [5.41, 5.74) is 1.47. The normalized spacial score (nSPS) is 10.7. The van der Waals surface area contributed by atoms with Crippen molar-refractivity contribution in [3.05, 3.63) is 52.2 Å². The smallest absolute Gasteiger partial charge is 0.159 e. The standard InChI is InChI=1S/C12H6Cl2N2/c13-10-3-1-2-8(4-10)9-5-11(14)12(6-15)16-7-9/h1-5,7H/i2D. The van der Waals surface area contributed by atoms with Crippen LogP contribution in [0.15, 0.2) is 36.5 Å². The largest absolute Gasteiger partial charge is 0.243 e. The second-order valence-electron chi connectivity index (χ2n) is 3.09. The summed E-state index contributed by atoms with van der Waals surface area (Å²) in [4.78, 5) is 3.92. The zero-order chi connectivity index (χ0) is 12.4. The molecule has 0 N–H and O–H groups in total. The third kappa shape index (κ3) is 2.16. The van der Waals surface area contributed by atoms with Crippen molar-refractivity contribution in [1.29, 1.82) is 5.26 Å². The fraction of sp³-hybridized carbons (Fsp3) is 0. The number of nitrogens with zero attached hydrogens (tertiary/aromatic N) is 2. The summed E-state index contributed by atoms with van der Waals surface area (Å²) in [6.45, 7) is 0. The molecule has 1 aromatic carbocycles. The van der Waals surface area contributed by atoms with Crippen LogP contribution in [-0.2, 0) is 0 Å². The molecule has 0 aliphatic rings. The molecule has 2 nitrogen and oxygen atoms in total. The van der Waals surface area contributed by atoms with E-state index in [0.29, 0.717) is 22.2 Å². The predicted octanol–water partition coefficient (Wildman–Crippen LogP) is 3.93. The summed E-state index contributed by atoms with van der Waals surface area (Å²) in [6.07, 6.45) is 1.51. The fourth-order valence-corrected chi connectivity index (χ4v) is 1.65. The van der Waals surface area contributed by atoms with Gasteiger partial charge in [-0.3, -0.25) is 0 Å². The van der Waals surface area contributed by atoms with Gasteiger partial charge in [-0.05, 0) is 23.8 Å². The van der Waals surface area contributed by atoms with Crippen LogP contribution in [0.1, 0.15) is 7.06 Å². The maximum atomic E-state index is 8.72. The molecule has 0 radical (unpaired) electrons. The zero-order valence-electron chi connectivity index (χ0n) is 9.04. The first kappa shape index (κ1) is 9.65. The van der Waals surface area contributed by atoms with E-state index in [1.807, 2.05) is 6.07 Å². The third-order valence-corrected chi connectivity index (χ3v) is 2.54. The first-order chi connectivity index (χ1) is 8.11. The Hall–Kier alpha value is -1.56. The Balaban J connectivity index is 2.58. The monoisotopic (exact) mass is 249 g/mol. The van der Waals surface area contributed by atoms with E-state index >= 15 is 0 Å². The van der Waals surface area contributed by atoms with Crippen LogP contribution < -0.4 is 0 Å². The number of nitriles is 1. The van der Waals surface area contributed by atoms with E-state index in [1.165, 1.54) is 6.20 Å². The summed E-state index contributed by atoms with van der Waals surface area (Å²) < 4.78 is 7.78. The zero-order valence-corrected chi connectivity index (χ0v) is 9.55. The average molecular weight is 250 g/mol. The van der Waals surface area contributed by atoms with Crippen LogP contribution in [0.4, 0.5) is 0 Å². The van der Waals surface area contributed by atoms with Crippen molar-refractivity contribution in [3.8, 4) is 17.2 Å². The second kappa shape index (κ2) is 4.52. The van der Waals surface area contributed by atoms with Crippen molar-refractivity contribution >= 4 is 23.2 Å². The minimum absolute atomic E-state index is 0.170. The Morgan fingerprint density at radius 2 is 2.12 bits per heavy atom. The molecule has 2 rings (SSSR count). The first-order valence-corrected chi connectivity index (χ1v) is 5.19. The molecule has 0 amide bonds. The van der Waals surface area contributed by atoms with E-state index in [2.05, 4.69) is 4.98 Å². The van der Waals surface area contributed by atoms with Crippen LogP contribution >= 0.6 is 23.2 Å². The van der Waals surface area contributed by atoms with Crippen LogP contribution in [0.5, 0.6) is 0 Å². The lowest BCUT2D eigenvalue weighted by molar-refractivity contribution is 1.26. The van der Waals surface area contributed by atoms with Crippen LogP contribution in [-0.4, -0.2) is 4.98 Å². The topological polar surface area (TPSA) is 36.7 Å². The Bertz CT molecular complexity index is 620. The Labute approximate surface area is 104 Å². The number of hydrogen-bond acceptors (Lipinski definition) is 2. The summed E-state index contributed by atoms with van der Waals surface area (Å²) in [5, 5.41) is 9.53. The van der Waals surface area contributed by atoms with Gasteiger partial charge in [-0.15, -0.1) is 0 Å². The van der Waals surface area contributed by atoms with Crippen molar-refractivity contribution in [2.75, 3.05) is 0 Å². The second-order valence-corrected chi connectivity index (χ2v) is 3.93. The SMILES string of the molecule is [2H]c1ccc(Cl)cc1-c1cnc(C#N)c(Cl)c1. The number of rotatable bonds is 1. The van der Waals surface area contributed by atoms with Crippen molar-refractivity contribution in [2.24, 2.45) is 0 Å². The lowest BCUT2D eigenvalue weighted by Crippen LogP contribution is -1.86.